The van der Waals surface area contributed by atoms with Crippen molar-refractivity contribution >= 4 is 5.97 Å². The molecule has 0 unspecified atom stereocenters. The van der Waals surface area contributed by atoms with Gasteiger partial charge in [-0.3, -0.25) is 0 Å². The van der Waals surface area contributed by atoms with Gasteiger partial charge in [-0.15, -0.1) is 0 Å². The second kappa shape index (κ2) is 14.3. The molecule has 3 aromatic carbocycles. The quantitative estimate of drug-likeness (QED) is 0.139. The van der Waals surface area contributed by atoms with Crippen molar-refractivity contribution in [3.63, 3.8) is 0 Å². The van der Waals surface area contributed by atoms with Gasteiger partial charge in [0.2, 0.25) is 0 Å². The van der Waals surface area contributed by atoms with Crippen LogP contribution >= 0.6 is 0 Å². The Kier molecular flexibility index (Phi) is 10.9. The lowest BCUT2D eigenvalue weighted by molar-refractivity contribution is -0.140. The Morgan fingerprint density at radius 1 is 0.919 bits per heavy atom. The first-order chi connectivity index (χ1) is 17.9. The number of rotatable bonds is 14. The van der Waals surface area contributed by atoms with Gasteiger partial charge in [-0.1, -0.05) is 81.7 Å². The predicted octanol–water partition coefficient (Wildman–Crippen LogP) is 7.66. The van der Waals surface area contributed by atoms with Crippen LogP contribution in [0.3, 0.4) is 0 Å². The first-order valence-electron chi connectivity index (χ1n) is 13.0. The first-order valence-corrected chi connectivity index (χ1v) is 13.0. The second-order valence-electron chi connectivity index (χ2n) is 9.30. The molecule has 0 aromatic heterocycles. The lowest BCUT2D eigenvalue weighted by atomic mass is 9.94. The summed E-state index contributed by atoms with van der Waals surface area (Å²) in [6.45, 7) is 7.73. The van der Waals surface area contributed by atoms with E-state index in [2.05, 4.69) is 25.6 Å². The zero-order chi connectivity index (χ0) is 26.6. The molecule has 1 N–H and O–H groups in total. The molecule has 4 nitrogen and oxygen atoms in total. The Hall–Kier alpha value is -3.44. The molecule has 0 fully saturated rings. The van der Waals surface area contributed by atoms with Gasteiger partial charge in [0.05, 0.1) is 6.61 Å². The van der Waals surface area contributed by atoms with E-state index < -0.39 is 5.97 Å². The molecule has 0 aliphatic rings. The van der Waals surface area contributed by atoms with E-state index in [4.69, 9.17) is 14.6 Å². The number of benzene rings is 3. The molecule has 0 bridgehead atoms. The van der Waals surface area contributed by atoms with Crippen LogP contribution in [0.15, 0.2) is 72.8 Å². The number of carbonyl (C=O) groups is 1. The van der Waals surface area contributed by atoms with E-state index in [1.165, 1.54) is 37.3 Å². The van der Waals surface area contributed by atoms with Crippen molar-refractivity contribution < 1.29 is 23.8 Å². The van der Waals surface area contributed by atoms with Gasteiger partial charge in [-0.25, -0.2) is 9.18 Å². The van der Waals surface area contributed by atoms with Crippen molar-refractivity contribution in [2.45, 2.75) is 59.0 Å². The molecule has 0 aliphatic carbocycles. The zero-order valence-electron chi connectivity index (χ0n) is 21.9. The van der Waals surface area contributed by atoms with Crippen molar-refractivity contribution in [1.82, 2.24) is 0 Å². The highest BCUT2D eigenvalue weighted by atomic mass is 19.1. The summed E-state index contributed by atoms with van der Waals surface area (Å²) in [5, 5.41) is 8.90. The van der Waals surface area contributed by atoms with E-state index in [9.17, 15) is 4.79 Å². The number of ether oxygens (including phenoxy) is 2. The van der Waals surface area contributed by atoms with E-state index in [-0.39, 0.29) is 25.6 Å². The van der Waals surface area contributed by atoms with Crippen molar-refractivity contribution in [3.05, 3.63) is 89.8 Å². The molecular weight excluding hydrogens is 467 g/mol. The summed E-state index contributed by atoms with van der Waals surface area (Å²) in [6, 6.07) is 18.4. The molecule has 0 saturated heterocycles. The maximum absolute atomic E-state index is 15.3. The Balaban J connectivity index is 1.83. The standard InChI is InChI=1S/C32H37FO4/c1-4-5-6-7-8-9-24-10-16-29(27(20-24)22-37-32(35)23(2)3)26-13-17-30(31(33)21-26)25-11-14-28(15-12-25)36-19-18-34/h10-17,20-21,34H,2,4-9,18-19,22H2,1,3H3. The average Bonchev–Trinajstić information content (AvgIpc) is 2.90. The van der Waals surface area contributed by atoms with Crippen LogP contribution in [0.4, 0.5) is 4.39 Å². The molecule has 196 valence electrons. The smallest absolute Gasteiger partial charge is 0.333 e. The SMILES string of the molecule is C=C(C)C(=O)OCc1cc(CCCCCCC)ccc1-c1ccc(-c2ccc(OCCO)cc2)c(F)c1. The second-order valence-corrected chi connectivity index (χ2v) is 9.30. The van der Waals surface area contributed by atoms with E-state index >= 15 is 4.39 Å². The number of halogens is 1. The highest BCUT2D eigenvalue weighted by molar-refractivity contribution is 5.87. The third-order valence-electron chi connectivity index (χ3n) is 6.25. The number of hydrogen-bond acceptors (Lipinski definition) is 4. The van der Waals surface area contributed by atoms with Crippen LogP contribution in [0.25, 0.3) is 22.3 Å². The van der Waals surface area contributed by atoms with Crippen LogP contribution in [-0.4, -0.2) is 24.3 Å². The van der Waals surface area contributed by atoms with Crippen LogP contribution < -0.4 is 4.74 Å². The first kappa shape index (κ1) is 28.1. The van der Waals surface area contributed by atoms with Gasteiger partial charge < -0.3 is 14.6 Å². The Morgan fingerprint density at radius 2 is 1.62 bits per heavy atom. The van der Waals surface area contributed by atoms with Crippen molar-refractivity contribution in [2.24, 2.45) is 0 Å². The lowest BCUT2D eigenvalue weighted by Gasteiger charge is -2.14. The molecular formula is C32H37FO4. The van der Waals surface area contributed by atoms with E-state index in [0.717, 1.165) is 35.1 Å². The van der Waals surface area contributed by atoms with E-state index in [1.54, 1.807) is 37.3 Å². The molecule has 0 atom stereocenters. The van der Waals surface area contributed by atoms with Crippen molar-refractivity contribution in [3.8, 4) is 28.0 Å². The number of hydrogen-bond donors (Lipinski definition) is 1. The van der Waals surface area contributed by atoms with Gasteiger partial charge in [0.25, 0.3) is 0 Å². The predicted molar refractivity (Wildman–Crippen MR) is 147 cm³/mol. The molecule has 37 heavy (non-hydrogen) atoms. The summed E-state index contributed by atoms with van der Waals surface area (Å²) in [5.74, 6) is -0.162. The third-order valence-corrected chi connectivity index (χ3v) is 6.25. The molecule has 0 amide bonds. The summed E-state index contributed by atoms with van der Waals surface area (Å²) in [7, 11) is 0. The summed E-state index contributed by atoms with van der Waals surface area (Å²) in [4.78, 5) is 12.1. The van der Waals surface area contributed by atoms with Crippen LogP contribution in [0, 0.1) is 5.82 Å². The van der Waals surface area contributed by atoms with Gasteiger partial charge in [-0.05, 0) is 65.8 Å². The fourth-order valence-electron chi connectivity index (χ4n) is 4.21. The van der Waals surface area contributed by atoms with Crippen LogP contribution in [-0.2, 0) is 22.6 Å². The summed E-state index contributed by atoms with van der Waals surface area (Å²) in [5.41, 5.74) is 5.14. The Labute approximate surface area is 219 Å². The summed E-state index contributed by atoms with van der Waals surface area (Å²) < 4.78 is 26.1. The zero-order valence-corrected chi connectivity index (χ0v) is 21.9. The minimum absolute atomic E-state index is 0.0633. The van der Waals surface area contributed by atoms with Crippen molar-refractivity contribution in [1.29, 1.82) is 0 Å². The monoisotopic (exact) mass is 504 g/mol. The molecule has 3 aromatic rings. The number of aliphatic hydroxyl groups is 1. The number of esters is 1. The molecule has 0 spiro atoms. The van der Waals surface area contributed by atoms with Gasteiger partial charge in [-0.2, -0.15) is 0 Å². The number of aryl methyl sites for hydroxylation is 1. The maximum atomic E-state index is 15.3. The summed E-state index contributed by atoms with van der Waals surface area (Å²) in [6.07, 6.45) is 6.96. The molecule has 3 rings (SSSR count). The van der Waals surface area contributed by atoms with Crippen LogP contribution in [0.1, 0.15) is 57.1 Å². The van der Waals surface area contributed by atoms with Gasteiger partial charge in [0.15, 0.2) is 0 Å². The van der Waals surface area contributed by atoms with Gasteiger partial charge >= 0.3 is 5.97 Å². The highest BCUT2D eigenvalue weighted by Gasteiger charge is 2.13. The largest absolute Gasteiger partial charge is 0.491 e. The van der Waals surface area contributed by atoms with E-state index in [1.807, 2.05) is 12.1 Å². The molecule has 5 heteroatoms. The van der Waals surface area contributed by atoms with Gasteiger partial charge in [0, 0.05) is 11.1 Å². The topological polar surface area (TPSA) is 55.8 Å². The van der Waals surface area contributed by atoms with Crippen LogP contribution in [0.2, 0.25) is 0 Å². The lowest BCUT2D eigenvalue weighted by Crippen LogP contribution is -2.06. The number of unbranched alkanes of at least 4 members (excludes halogenated alkanes) is 4. The van der Waals surface area contributed by atoms with Crippen LogP contribution in [0.5, 0.6) is 5.75 Å². The minimum atomic E-state index is -0.441. The molecule has 0 radical (unpaired) electrons. The Bertz CT molecular complexity index is 1180. The highest BCUT2D eigenvalue weighted by Crippen LogP contribution is 2.32. The Morgan fingerprint density at radius 3 is 2.30 bits per heavy atom. The fraction of sp³-hybridized carbons (Fsp3) is 0.344. The maximum Gasteiger partial charge on any atom is 0.333 e. The number of carbonyl (C=O) groups excluding carboxylic acids is 1. The summed E-state index contributed by atoms with van der Waals surface area (Å²) >= 11 is 0. The van der Waals surface area contributed by atoms with E-state index in [0.29, 0.717) is 16.9 Å². The number of aliphatic hydroxyl groups excluding tert-OH is 1. The van der Waals surface area contributed by atoms with Crippen molar-refractivity contribution in [2.75, 3.05) is 13.2 Å². The van der Waals surface area contributed by atoms with Gasteiger partial charge in [0.1, 0.15) is 24.8 Å². The third kappa shape index (κ3) is 8.29. The minimum Gasteiger partial charge on any atom is -0.491 e. The molecule has 0 aliphatic heterocycles. The fourth-order valence-corrected chi connectivity index (χ4v) is 4.21. The normalized spacial score (nSPS) is 10.8. The molecule has 0 heterocycles. The molecule has 0 saturated carbocycles. The average molecular weight is 505 g/mol.